The molecule has 7 nitrogen and oxygen atoms in total. The molecule has 0 fully saturated rings. The lowest BCUT2D eigenvalue weighted by Crippen LogP contribution is -2.24. The minimum Gasteiger partial charge on any atom is -0.375 e. The van der Waals surface area contributed by atoms with E-state index in [0.717, 1.165) is 28.6 Å². The maximum Gasteiger partial charge on any atom is 0.184 e. The Hall–Kier alpha value is -2.23. The van der Waals surface area contributed by atoms with E-state index in [0.29, 0.717) is 5.15 Å². The Morgan fingerprint density at radius 2 is 1.83 bits per heavy atom. The van der Waals surface area contributed by atoms with Crippen molar-refractivity contribution in [1.82, 2.24) is 15.4 Å². The molecular formula is C14H16ClN7S2. The molecule has 0 amide bonds. The highest BCUT2D eigenvalue weighted by molar-refractivity contribution is 7.80. The molecule has 0 aliphatic heterocycles. The number of nitrogens with zero attached hydrogens (tertiary/aromatic N) is 3. The molecule has 1 heterocycles. The van der Waals surface area contributed by atoms with Crippen LogP contribution in [0.1, 0.15) is 18.1 Å². The predicted molar refractivity (Wildman–Crippen MR) is 108 cm³/mol. The number of nitrogens with one attached hydrogen (secondary N) is 2. The van der Waals surface area contributed by atoms with Crippen LogP contribution in [0.5, 0.6) is 0 Å². The molecule has 2 rings (SSSR count). The molecule has 0 saturated heterocycles. The molecule has 1 aromatic carbocycles. The van der Waals surface area contributed by atoms with E-state index in [4.69, 9.17) is 47.5 Å². The summed E-state index contributed by atoms with van der Waals surface area (Å²) in [6, 6.07) is 5.83. The summed E-state index contributed by atoms with van der Waals surface area (Å²) in [7, 11) is 0. The molecule has 1 aromatic heterocycles. The molecule has 0 spiro atoms. The van der Waals surface area contributed by atoms with Crippen LogP contribution in [0, 0.1) is 0 Å². The van der Waals surface area contributed by atoms with Crippen molar-refractivity contribution in [2.45, 2.75) is 13.5 Å². The highest BCUT2D eigenvalue weighted by Crippen LogP contribution is 2.29. The van der Waals surface area contributed by atoms with Gasteiger partial charge in [0.15, 0.2) is 10.2 Å². The van der Waals surface area contributed by atoms with E-state index in [1.54, 1.807) is 12.4 Å². The van der Waals surface area contributed by atoms with Crippen LogP contribution < -0.4 is 22.3 Å². The van der Waals surface area contributed by atoms with Crippen LogP contribution in [0.15, 0.2) is 28.4 Å². The van der Waals surface area contributed by atoms with E-state index in [1.807, 2.05) is 29.7 Å². The number of nitrogens with two attached hydrogens (primary N) is 2. The van der Waals surface area contributed by atoms with Crippen molar-refractivity contribution < 1.29 is 0 Å². The molecule has 126 valence electrons. The lowest BCUT2D eigenvalue weighted by atomic mass is 10.1. The number of thiocarbonyl (C=S) groups is 2. The van der Waals surface area contributed by atoms with Gasteiger partial charge in [-0.15, -0.1) is 0 Å². The lowest BCUT2D eigenvalue weighted by Gasteiger charge is -2.02. The highest BCUT2D eigenvalue weighted by Gasteiger charge is 2.13. The van der Waals surface area contributed by atoms with Gasteiger partial charge in [0.2, 0.25) is 0 Å². The Bertz CT molecular complexity index is 841. The summed E-state index contributed by atoms with van der Waals surface area (Å²) >= 11 is 15.9. The molecule has 0 bridgehead atoms. The van der Waals surface area contributed by atoms with Crippen LogP contribution in [-0.4, -0.2) is 27.2 Å². The molecule has 10 heteroatoms. The first kappa shape index (κ1) is 18.1. The van der Waals surface area contributed by atoms with Crippen molar-refractivity contribution in [3.05, 3.63) is 34.5 Å². The molecule has 0 atom stereocenters. The number of hydrazone groups is 2. The fourth-order valence-corrected chi connectivity index (χ4v) is 2.68. The van der Waals surface area contributed by atoms with Crippen molar-refractivity contribution in [2.75, 3.05) is 0 Å². The SMILES string of the molecule is CCn1c(Cl)c(C=NNC(N)=S)c2cc(C=NNC(N)=S)ccc21. The van der Waals surface area contributed by atoms with Crippen LogP contribution >= 0.6 is 36.0 Å². The molecule has 0 aliphatic rings. The summed E-state index contributed by atoms with van der Waals surface area (Å²) in [5.74, 6) is 0. The lowest BCUT2D eigenvalue weighted by molar-refractivity contribution is 0.798. The third-order valence-electron chi connectivity index (χ3n) is 3.13. The minimum atomic E-state index is 0.0817. The first-order chi connectivity index (χ1) is 11.4. The van der Waals surface area contributed by atoms with Crippen LogP contribution in [0.25, 0.3) is 10.9 Å². The summed E-state index contributed by atoms with van der Waals surface area (Å²) in [5, 5.41) is 9.64. The van der Waals surface area contributed by atoms with Gasteiger partial charge in [0, 0.05) is 23.0 Å². The van der Waals surface area contributed by atoms with E-state index >= 15 is 0 Å². The molecule has 0 radical (unpaired) electrons. The summed E-state index contributed by atoms with van der Waals surface area (Å²) < 4.78 is 1.98. The van der Waals surface area contributed by atoms with E-state index in [-0.39, 0.29) is 10.2 Å². The van der Waals surface area contributed by atoms with Crippen molar-refractivity contribution in [3.8, 4) is 0 Å². The second-order valence-corrected chi connectivity index (χ2v) is 5.93. The van der Waals surface area contributed by atoms with Crippen molar-refractivity contribution in [2.24, 2.45) is 21.7 Å². The number of rotatable bonds is 5. The standard InChI is InChI=1S/C14H16ClN7S2/c1-2-22-11-4-3-8(6-18-20-13(16)23)5-9(11)10(12(22)15)7-19-21-14(17)24/h3-7H,2H2,1H3,(H3,16,20,23)(H3,17,21,24). The first-order valence-electron chi connectivity index (χ1n) is 6.92. The Balaban J connectivity index is 2.48. The molecule has 0 aliphatic carbocycles. The zero-order valence-corrected chi connectivity index (χ0v) is 15.2. The second-order valence-electron chi connectivity index (χ2n) is 4.69. The number of fused-ring (bicyclic) bond motifs is 1. The monoisotopic (exact) mass is 381 g/mol. The number of halogens is 1. The third-order valence-corrected chi connectivity index (χ3v) is 3.72. The average molecular weight is 382 g/mol. The zero-order valence-electron chi connectivity index (χ0n) is 12.8. The van der Waals surface area contributed by atoms with E-state index in [9.17, 15) is 0 Å². The van der Waals surface area contributed by atoms with Crippen molar-refractivity contribution in [3.63, 3.8) is 0 Å². The number of hydrogen-bond acceptors (Lipinski definition) is 4. The van der Waals surface area contributed by atoms with E-state index < -0.39 is 0 Å². The van der Waals surface area contributed by atoms with Gasteiger partial charge in [-0.05, 0) is 49.1 Å². The van der Waals surface area contributed by atoms with E-state index in [2.05, 4.69) is 21.1 Å². The Kier molecular flexibility index (Phi) is 6.07. The number of benzene rings is 1. The number of aryl methyl sites for hydroxylation is 1. The van der Waals surface area contributed by atoms with E-state index in [1.165, 1.54) is 0 Å². The van der Waals surface area contributed by atoms with Crippen molar-refractivity contribution in [1.29, 1.82) is 0 Å². The fourth-order valence-electron chi connectivity index (χ4n) is 2.21. The average Bonchev–Trinajstić information content (AvgIpc) is 2.78. The van der Waals surface area contributed by atoms with Crippen LogP contribution in [0.2, 0.25) is 5.15 Å². The number of hydrogen-bond donors (Lipinski definition) is 4. The molecule has 0 unspecified atom stereocenters. The Morgan fingerprint density at radius 3 is 2.42 bits per heavy atom. The Morgan fingerprint density at radius 1 is 1.21 bits per heavy atom. The number of aromatic nitrogens is 1. The third kappa shape index (κ3) is 4.19. The topological polar surface area (TPSA) is 106 Å². The van der Waals surface area contributed by atoms with Gasteiger partial charge in [-0.3, -0.25) is 10.9 Å². The molecule has 24 heavy (non-hydrogen) atoms. The minimum absolute atomic E-state index is 0.0817. The largest absolute Gasteiger partial charge is 0.375 e. The normalized spacial score (nSPS) is 11.4. The predicted octanol–water partition coefficient (Wildman–Crippen LogP) is 1.65. The van der Waals surface area contributed by atoms with Gasteiger partial charge in [-0.1, -0.05) is 17.7 Å². The molecular weight excluding hydrogens is 366 g/mol. The van der Waals surface area contributed by atoms with Gasteiger partial charge in [0.1, 0.15) is 5.15 Å². The second kappa shape index (κ2) is 8.04. The van der Waals surface area contributed by atoms with Gasteiger partial charge in [0.25, 0.3) is 0 Å². The van der Waals surface area contributed by atoms with Crippen LogP contribution in [-0.2, 0) is 6.54 Å². The smallest absolute Gasteiger partial charge is 0.184 e. The van der Waals surface area contributed by atoms with Gasteiger partial charge in [-0.25, -0.2) is 0 Å². The highest BCUT2D eigenvalue weighted by atomic mass is 35.5. The molecule has 2 aromatic rings. The Labute approximate surface area is 154 Å². The van der Waals surface area contributed by atoms with Crippen LogP contribution in [0.3, 0.4) is 0 Å². The fraction of sp³-hybridized carbons (Fsp3) is 0.143. The summed E-state index contributed by atoms with van der Waals surface area (Å²) in [4.78, 5) is 0. The van der Waals surface area contributed by atoms with Gasteiger partial charge < -0.3 is 16.0 Å². The van der Waals surface area contributed by atoms with Crippen LogP contribution in [0.4, 0.5) is 0 Å². The summed E-state index contributed by atoms with van der Waals surface area (Å²) in [6.45, 7) is 2.74. The summed E-state index contributed by atoms with van der Waals surface area (Å²) in [5.41, 5.74) is 18.3. The summed E-state index contributed by atoms with van der Waals surface area (Å²) in [6.07, 6.45) is 3.20. The zero-order chi connectivity index (χ0) is 17.7. The first-order valence-corrected chi connectivity index (χ1v) is 8.12. The van der Waals surface area contributed by atoms with Gasteiger partial charge >= 0.3 is 0 Å². The maximum absolute atomic E-state index is 6.47. The molecule has 6 N–H and O–H groups in total. The maximum atomic E-state index is 6.47. The van der Waals surface area contributed by atoms with Gasteiger partial charge in [-0.2, -0.15) is 10.2 Å². The van der Waals surface area contributed by atoms with Crippen molar-refractivity contribution >= 4 is 69.6 Å². The van der Waals surface area contributed by atoms with Gasteiger partial charge in [0.05, 0.1) is 12.4 Å². The molecule has 0 saturated carbocycles. The quantitative estimate of drug-likeness (QED) is 0.356.